The fourth-order valence-corrected chi connectivity index (χ4v) is 2.31. The Morgan fingerprint density at radius 2 is 2.35 bits per heavy atom. The number of aromatic nitrogens is 1. The van der Waals surface area contributed by atoms with Crippen LogP contribution < -0.4 is 10.6 Å². The van der Waals surface area contributed by atoms with E-state index in [1.807, 2.05) is 6.92 Å². The molecule has 0 bridgehead atoms. The van der Waals surface area contributed by atoms with Gasteiger partial charge in [-0.15, -0.1) is 0 Å². The minimum Gasteiger partial charge on any atom is -0.385 e. The number of likely N-dealkylation sites (N-methyl/N-ethyl adjacent to an activating group) is 1. The molecule has 2 N–H and O–H groups in total. The van der Waals surface area contributed by atoms with E-state index >= 15 is 0 Å². The monoisotopic (exact) mass is 276 g/mol. The number of rotatable bonds is 4. The molecule has 0 aliphatic carbocycles. The van der Waals surface area contributed by atoms with Crippen molar-refractivity contribution in [3.63, 3.8) is 0 Å². The third-order valence-corrected chi connectivity index (χ3v) is 3.39. The molecule has 2 rings (SSSR count). The van der Waals surface area contributed by atoms with E-state index in [-0.39, 0.29) is 17.9 Å². The van der Waals surface area contributed by atoms with E-state index in [0.29, 0.717) is 24.9 Å². The first-order valence-electron chi connectivity index (χ1n) is 6.84. The molecule has 2 heterocycles. The lowest BCUT2D eigenvalue weighted by Gasteiger charge is -2.30. The van der Waals surface area contributed by atoms with Crippen molar-refractivity contribution in [2.75, 3.05) is 25.5 Å². The third kappa shape index (κ3) is 3.26. The van der Waals surface area contributed by atoms with E-state index in [1.165, 1.54) is 0 Å². The molecule has 20 heavy (non-hydrogen) atoms. The first kappa shape index (κ1) is 14.3. The van der Waals surface area contributed by atoms with Gasteiger partial charge in [0.2, 0.25) is 5.91 Å². The van der Waals surface area contributed by atoms with E-state index in [1.54, 1.807) is 30.4 Å². The van der Waals surface area contributed by atoms with Crippen molar-refractivity contribution in [2.45, 2.75) is 25.8 Å². The number of hydrogen-bond acceptors (Lipinski definition) is 4. The molecule has 1 fully saturated rings. The average Bonchev–Trinajstić information content (AvgIpc) is 2.44. The van der Waals surface area contributed by atoms with Crippen LogP contribution >= 0.6 is 0 Å². The Labute approximate surface area is 118 Å². The summed E-state index contributed by atoms with van der Waals surface area (Å²) in [7, 11) is 1.76. The summed E-state index contributed by atoms with van der Waals surface area (Å²) < 4.78 is 0. The van der Waals surface area contributed by atoms with Crippen LogP contribution in [0.2, 0.25) is 0 Å². The minimum atomic E-state index is -0.151. The second-order valence-electron chi connectivity index (χ2n) is 4.93. The molecule has 2 amide bonds. The van der Waals surface area contributed by atoms with E-state index in [0.717, 1.165) is 12.2 Å². The highest BCUT2D eigenvalue weighted by Gasteiger charge is 2.25. The van der Waals surface area contributed by atoms with Gasteiger partial charge < -0.3 is 15.5 Å². The van der Waals surface area contributed by atoms with E-state index in [2.05, 4.69) is 15.6 Å². The fourth-order valence-electron chi connectivity index (χ4n) is 2.31. The average molecular weight is 276 g/mol. The van der Waals surface area contributed by atoms with Crippen LogP contribution in [0.1, 0.15) is 30.1 Å². The largest absolute Gasteiger partial charge is 0.385 e. The lowest BCUT2D eigenvalue weighted by atomic mass is 10.1. The summed E-state index contributed by atoms with van der Waals surface area (Å²) >= 11 is 0. The summed E-state index contributed by atoms with van der Waals surface area (Å²) in [5, 5.41) is 6.12. The molecule has 1 aliphatic heterocycles. The van der Waals surface area contributed by atoms with Crippen LogP contribution in [-0.2, 0) is 4.79 Å². The second-order valence-corrected chi connectivity index (χ2v) is 4.93. The lowest BCUT2D eigenvalue weighted by Crippen LogP contribution is -2.48. The van der Waals surface area contributed by atoms with E-state index in [9.17, 15) is 9.59 Å². The number of nitrogens with zero attached hydrogens (tertiary/aromatic N) is 2. The SMILES string of the molecule is CCNc1ccncc1C(=O)NC1CCC(=O)N(C)C1. The van der Waals surface area contributed by atoms with Crippen molar-refractivity contribution in [3.05, 3.63) is 24.0 Å². The molecule has 0 spiro atoms. The van der Waals surface area contributed by atoms with Gasteiger partial charge in [-0.2, -0.15) is 0 Å². The lowest BCUT2D eigenvalue weighted by molar-refractivity contribution is -0.132. The maximum absolute atomic E-state index is 12.3. The van der Waals surface area contributed by atoms with Crippen molar-refractivity contribution in [1.29, 1.82) is 0 Å². The van der Waals surface area contributed by atoms with Crippen LogP contribution in [-0.4, -0.2) is 47.9 Å². The molecule has 0 radical (unpaired) electrons. The van der Waals surface area contributed by atoms with Crippen molar-refractivity contribution < 1.29 is 9.59 Å². The number of anilines is 1. The summed E-state index contributed by atoms with van der Waals surface area (Å²) in [6.45, 7) is 3.27. The molecular weight excluding hydrogens is 256 g/mol. The summed E-state index contributed by atoms with van der Waals surface area (Å²) in [5.74, 6) is -0.0213. The maximum Gasteiger partial charge on any atom is 0.255 e. The first-order valence-corrected chi connectivity index (χ1v) is 6.84. The van der Waals surface area contributed by atoms with Gasteiger partial charge in [0.1, 0.15) is 0 Å². The summed E-state index contributed by atoms with van der Waals surface area (Å²) in [4.78, 5) is 29.4. The number of hydrogen-bond donors (Lipinski definition) is 2. The summed E-state index contributed by atoms with van der Waals surface area (Å²) in [6.07, 6.45) is 4.38. The smallest absolute Gasteiger partial charge is 0.255 e. The Morgan fingerprint density at radius 1 is 1.55 bits per heavy atom. The van der Waals surface area contributed by atoms with Gasteiger partial charge in [0.15, 0.2) is 0 Å². The van der Waals surface area contributed by atoms with Crippen LogP contribution in [0.3, 0.4) is 0 Å². The van der Waals surface area contributed by atoms with Gasteiger partial charge in [0, 0.05) is 45.0 Å². The molecule has 0 aromatic carbocycles. The number of carbonyl (C=O) groups excluding carboxylic acids is 2. The maximum atomic E-state index is 12.3. The molecule has 1 atom stereocenters. The number of likely N-dealkylation sites (tertiary alicyclic amines) is 1. The molecule has 6 nitrogen and oxygen atoms in total. The molecule has 1 aliphatic rings. The van der Waals surface area contributed by atoms with E-state index < -0.39 is 0 Å². The van der Waals surface area contributed by atoms with Crippen molar-refractivity contribution in [2.24, 2.45) is 0 Å². The van der Waals surface area contributed by atoms with Crippen LogP contribution in [0.5, 0.6) is 0 Å². The van der Waals surface area contributed by atoms with Gasteiger partial charge in [-0.1, -0.05) is 0 Å². The van der Waals surface area contributed by atoms with Gasteiger partial charge >= 0.3 is 0 Å². The molecule has 1 unspecified atom stereocenters. The van der Waals surface area contributed by atoms with Crippen LogP contribution in [0.25, 0.3) is 0 Å². The number of piperidine rings is 1. The van der Waals surface area contributed by atoms with Gasteiger partial charge in [0.25, 0.3) is 5.91 Å². The molecule has 1 aromatic rings. The third-order valence-electron chi connectivity index (χ3n) is 3.39. The van der Waals surface area contributed by atoms with Crippen molar-refractivity contribution >= 4 is 17.5 Å². The molecular formula is C14H20N4O2. The van der Waals surface area contributed by atoms with E-state index in [4.69, 9.17) is 0 Å². The standard InChI is InChI=1S/C14H20N4O2/c1-3-16-12-6-7-15-8-11(12)14(20)17-10-4-5-13(19)18(2)9-10/h6-8,10H,3-5,9H2,1-2H3,(H,15,16)(H,17,20). The van der Waals surface area contributed by atoms with Gasteiger partial charge in [-0.3, -0.25) is 14.6 Å². The number of carbonyl (C=O) groups is 2. The molecule has 0 saturated carbocycles. The van der Waals surface area contributed by atoms with Crippen molar-refractivity contribution in [3.8, 4) is 0 Å². The molecule has 108 valence electrons. The first-order chi connectivity index (χ1) is 9.61. The Hall–Kier alpha value is -2.11. The van der Waals surface area contributed by atoms with Crippen LogP contribution in [0.4, 0.5) is 5.69 Å². The fraction of sp³-hybridized carbons (Fsp3) is 0.500. The Balaban J connectivity index is 2.03. The predicted octanol–water partition coefficient (Wildman–Crippen LogP) is 0.864. The Bertz CT molecular complexity index is 504. The molecule has 1 aromatic heterocycles. The quantitative estimate of drug-likeness (QED) is 0.855. The highest BCUT2D eigenvalue weighted by atomic mass is 16.2. The zero-order valence-corrected chi connectivity index (χ0v) is 11.8. The van der Waals surface area contributed by atoms with Crippen molar-refractivity contribution in [1.82, 2.24) is 15.2 Å². The van der Waals surface area contributed by atoms with Gasteiger partial charge in [-0.25, -0.2) is 0 Å². The molecule has 6 heteroatoms. The topological polar surface area (TPSA) is 74.3 Å². The predicted molar refractivity (Wildman–Crippen MR) is 76.5 cm³/mol. The summed E-state index contributed by atoms with van der Waals surface area (Å²) in [5.41, 5.74) is 1.31. The Morgan fingerprint density at radius 3 is 3.05 bits per heavy atom. The highest BCUT2D eigenvalue weighted by Crippen LogP contribution is 2.15. The Kier molecular flexibility index (Phi) is 4.55. The van der Waals surface area contributed by atoms with Crippen LogP contribution in [0, 0.1) is 0 Å². The number of pyridine rings is 1. The second kappa shape index (κ2) is 6.36. The number of nitrogens with one attached hydrogen (secondary N) is 2. The molecule has 1 saturated heterocycles. The summed E-state index contributed by atoms with van der Waals surface area (Å²) in [6, 6.07) is 1.79. The van der Waals surface area contributed by atoms with Gasteiger partial charge in [-0.05, 0) is 19.4 Å². The normalized spacial score (nSPS) is 18.8. The van der Waals surface area contributed by atoms with Gasteiger partial charge in [0.05, 0.1) is 11.3 Å². The van der Waals surface area contributed by atoms with Crippen LogP contribution in [0.15, 0.2) is 18.5 Å². The minimum absolute atomic E-state index is 0.000109. The highest BCUT2D eigenvalue weighted by molar-refractivity contribution is 5.99. The zero-order valence-electron chi connectivity index (χ0n) is 11.8. The zero-order chi connectivity index (χ0) is 14.5. The number of amides is 2.